The van der Waals surface area contributed by atoms with Crippen LogP contribution in [-0.4, -0.2) is 22.4 Å². The van der Waals surface area contributed by atoms with Crippen molar-refractivity contribution in [1.82, 2.24) is 9.97 Å². The molecule has 0 saturated heterocycles. The maximum atomic E-state index is 12.5. The van der Waals surface area contributed by atoms with Crippen molar-refractivity contribution in [2.24, 2.45) is 0 Å². The maximum absolute atomic E-state index is 12.5. The van der Waals surface area contributed by atoms with Gasteiger partial charge >= 0.3 is 6.18 Å². The molecule has 1 amide bonds. The average molecular weight is 338 g/mol. The quantitative estimate of drug-likeness (QED) is 0.783. The molecule has 24 heavy (non-hydrogen) atoms. The van der Waals surface area contributed by atoms with Crippen LogP contribution in [0.3, 0.4) is 0 Å². The predicted molar refractivity (Wildman–Crippen MR) is 84.8 cm³/mol. The van der Waals surface area contributed by atoms with Gasteiger partial charge in [0.2, 0.25) is 5.95 Å². The third-order valence-corrected chi connectivity index (χ3v) is 3.17. The lowest BCUT2D eigenvalue weighted by Gasteiger charge is -2.09. The normalized spacial score (nSPS) is 11.2. The van der Waals surface area contributed by atoms with Crippen LogP contribution in [-0.2, 0) is 6.18 Å². The van der Waals surface area contributed by atoms with E-state index in [1.54, 1.807) is 0 Å². The van der Waals surface area contributed by atoms with Crippen LogP contribution in [0.15, 0.2) is 36.5 Å². The number of aromatic nitrogens is 2. The zero-order chi connectivity index (χ0) is 17.6. The summed E-state index contributed by atoms with van der Waals surface area (Å²) in [5.74, 6) is -0.181. The minimum absolute atomic E-state index is 0.129. The van der Waals surface area contributed by atoms with E-state index in [4.69, 9.17) is 0 Å². The monoisotopic (exact) mass is 338 g/mol. The Hall–Kier alpha value is -2.64. The van der Waals surface area contributed by atoms with E-state index in [9.17, 15) is 18.0 Å². The van der Waals surface area contributed by atoms with Crippen molar-refractivity contribution in [3.05, 3.63) is 47.8 Å². The van der Waals surface area contributed by atoms with Crippen LogP contribution in [0.2, 0.25) is 0 Å². The molecule has 2 aromatic rings. The highest BCUT2D eigenvalue weighted by Gasteiger charge is 2.30. The minimum atomic E-state index is -4.41. The molecular formula is C16H17F3N4O. The summed E-state index contributed by atoms with van der Waals surface area (Å²) in [5.41, 5.74) is -0.388. The van der Waals surface area contributed by atoms with E-state index in [0.717, 1.165) is 25.0 Å². The van der Waals surface area contributed by atoms with Crippen molar-refractivity contribution < 1.29 is 18.0 Å². The molecular weight excluding hydrogens is 321 g/mol. The van der Waals surface area contributed by atoms with E-state index in [1.807, 2.05) is 0 Å². The summed E-state index contributed by atoms with van der Waals surface area (Å²) >= 11 is 0. The van der Waals surface area contributed by atoms with Crippen LogP contribution in [0.1, 0.15) is 35.8 Å². The first-order valence-electron chi connectivity index (χ1n) is 7.45. The molecule has 0 aliphatic carbocycles. The number of unbranched alkanes of at least 4 members (excludes halogenated alkanes) is 1. The number of alkyl halides is 3. The van der Waals surface area contributed by atoms with Crippen molar-refractivity contribution in [1.29, 1.82) is 0 Å². The molecule has 2 rings (SSSR count). The van der Waals surface area contributed by atoms with Crippen LogP contribution in [0, 0.1) is 0 Å². The fourth-order valence-electron chi connectivity index (χ4n) is 1.88. The minimum Gasteiger partial charge on any atom is -0.354 e. The molecule has 0 aliphatic heterocycles. The first kappa shape index (κ1) is 17.7. The number of amides is 1. The summed E-state index contributed by atoms with van der Waals surface area (Å²) in [6.07, 6.45) is -0.996. The Morgan fingerprint density at radius 3 is 2.50 bits per heavy atom. The summed E-state index contributed by atoms with van der Waals surface area (Å²) < 4.78 is 37.5. The second kappa shape index (κ2) is 7.76. The average Bonchev–Trinajstić information content (AvgIpc) is 2.55. The van der Waals surface area contributed by atoms with Crippen molar-refractivity contribution in [2.75, 3.05) is 17.2 Å². The molecule has 0 saturated carbocycles. The molecule has 0 radical (unpaired) electrons. The Morgan fingerprint density at radius 2 is 1.88 bits per heavy atom. The Kier molecular flexibility index (Phi) is 5.73. The Balaban J connectivity index is 2.03. The third kappa shape index (κ3) is 4.94. The fourth-order valence-corrected chi connectivity index (χ4v) is 1.88. The number of carbonyl (C=O) groups excluding carboxylic acids is 1. The molecule has 1 aromatic heterocycles. The van der Waals surface area contributed by atoms with E-state index in [1.165, 1.54) is 24.4 Å². The second-order valence-corrected chi connectivity index (χ2v) is 5.08. The van der Waals surface area contributed by atoms with Gasteiger partial charge in [-0.25, -0.2) is 9.97 Å². The van der Waals surface area contributed by atoms with Gasteiger partial charge in [0.1, 0.15) is 5.69 Å². The van der Waals surface area contributed by atoms with Crippen LogP contribution in [0.4, 0.5) is 24.8 Å². The van der Waals surface area contributed by atoms with Crippen molar-refractivity contribution >= 4 is 17.5 Å². The van der Waals surface area contributed by atoms with Gasteiger partial charge in [0, 0.05) is 18.4 Å². The molecule has 1 aromatic carbocycles. The lowest BCUT2D eigenvalue weighted by molar-refractivity contribution is -0.137. The van der Waals surface area contributed by atoms with Crippen LogP contribution < -0.4 is 10.6 Å². The van der Waals surface area contributed by atoms with Gasteiger partial charge in [-0.3, -0.25) is 4.79 Å². The molecule has 0 fully saturated rings. The second-order valence-electron chi connectivity index (χ2n) is 5.08. The summed E-state index contributed by atoms with van der Waals surface area (Å²) in [6, 6.07) is 5.65. The number of anilines is 2. The summed E-state index contributed by atoms with van der Waals surface area (Å²) in [6.45, 7) is 2.75. The largest absolute Gasteiger partial charge is 0.416 e. The summed E-state index contributed by atoms with van der Waals surface area (Å²) in [4.78, 5) is 20.2. The van der Waals surface area contributed by atoms with E-state index in [-0.39, 0.29) is 11.4 Å². The van der Waals surface area contributed by atoms with Gasteiger partial charge in [-0.1, -0.05) is 13.3 Å². The first-order valence-corrected chi connectivity index (χ1v) is 7.45. The molecule has 8 heteroatoms. The van der Waals surface area contributed by atoms with Gasteiger partial charge in [-0.05, 0) is 36.8 Å². The Labute approximate surface area is 137 Å². The number of hydrogen-bond acceptors (Lipinski definition) is 4. The van der Waals surface area contributed by atoms with Gasteiger partial charge in [0.15, 0.2) is 0 Å². The van der Waals surface area contributed by atoms with Crippen LogP contribution in [0.5, 0.6) is 0 Å². The van der Waals surface area contributed by atoms with Crippen LogP contribution in [0.25, 0.3) is 0 Å². The molecule has 0 aliphatic rings. The van der Waals surface area contributed by atoms with E-state index < -0.39 is 17.6 Å². The number of rotatable bonds is 6. The smallest absolute Gasteiger partial charge is 0.354 e. The number of carbonyl (C=O) groups is 1. The molecule has 0 bridgehead atoms. The SMILES string of the molecule is CCCCNc1nccc(C(=O)Nc2ccc(C(F)(F)F)cc2)n1. The maximum Gasteiger partial charge on any atom is 0.416 e. The molecule has 0 atom stereocenters. The highest BCUT2D eigenvalue weighted by molar-refractivity contribution is 6.02. The van der Waals surface area contributed by atoms with Crippen molar-refractivity contribution in [2.45, 2.75) is 25.9 Å². The number of nitrogens with one attached hydrogen (secondary N) is 2. The van der Waals surface area contributed by atoms with Gasteiger partial charge in [-0.15, -0.1) is 0 Å². The molecule has 0 unspecified atom stereocenters. The summed E-state index contributed by atoms with van der Waals surface area (Å²) in [5, 5.41) is 5.51. The molecule has 5 nitrogen and oxygen atoms in total. The van der Waals surface area contributed by atoms with Crippen LogP contribution >= 0.6 is 0 Å². The van der Waals surface area contributed by atoms with E-state index in [0.29, 0.717) is 12.5 Å². The zero-order valence-corrected chi connectivity index (χ0v) is 13.0. The highest BCUT2D eigenvalue weighted by Crippen LogP contribution is 2.29. The molecule has 2 N–H and O–H groups in total. The van der Waals surface area contributed by atoms with E-state index in [2.05, 4.69) is 27.5 Å². The van der Waals surface area contributed by atoms with Gasteiger partial charge in [0.05, 0.1) is 5.56 Å². The van der Waals surface area contributed by atoms with E-state index >= 15 is 0 Å². The lowest BCUT2D eigenvalue weighted by atomic mass is 10.2. The van der Waals surface area contributed by atoms with Gasteiger partial charge in [0.25, 0.3) is 5.91 Å². The van der Waals surface area contributed by atoms with Gasteiger partial charge in [-0.2, -0.15) is 13.2 Å². The topological polar surface area (TPSA) is 66.9 Å². The molecule has 1 heterocycles. The van der Waals surface area contributed by atoms with Crippen molar-refractivity contribution in [3.8, 4) is 0 Å². The number of nitrogens with zero attached hydrogens (tertiary/aromatic N) is 2. The standard InChI is InChI=1S/C16H17F3N4O/c1-2-3-9-20-15-21-10-8-13(23-15)14(24)22-12-6-4-11(5-7-12)16(17,18)19/h4-8,10H,2-3,9H2,1H3,(H,22,24)(H,20,21,23). The number of hydrogen-bond donors (Lipinski definition) is 2. The fraction of sp³-hybridized carbons (Fsp3) is 0.312. The Bertz CT molecular complexity index is 686. The van der Waals surface area contributed by atoms with Crippen molar-refractivity contribution in [3.63, 3.8) is 0 Å². The zero-order valence-electron chi connectivity index (χ0n) is 13.0. The molecule has 0 spiro atoms. The third-order valence-electron chi connectivity index (χ3n) is 3.17. The first-order chi connectivity index (χ1) is 11.4. The molecule has 128 valence electrons. The lowest BCUT2D eigenvalue weighted by Crippen LogP contribution is -2.16. The predicted octanol–water partition coefficient (Wildman–Crippen LogP) is 3.96. The number of halogens is 3. The number of benzene rings is 1. The highest BCUT2D eigenvalue weighted by atomic mass is 19.4. The Morgan fingerprint density at radius 1 is 1.17 bits per heavy atom. The summed E-state index contributed by atoms with van der Waals surface area (Å²) in [7, 11) is 0. The van der Waals surface area contributed by atoms with Gasteiger partial charge < -0.3 is 10.6 Å².